The van der Waals surface area contributed by atoms with Crippen LogP contribution in [0.1, 0.15) is 13.3 Å². The number of hydrogen-bond acceptors (Lipinski definition) is 3. The van der Waals surface area contributed by atoms with Gasteiger partial charge in [-0.15, -0.1) is 0 Å². The van der Waals surface area contributed by atoms with Gasteiger partial charge < -0.3 is 15.0 Å². The fourth-order valence-electron chi connectivity index (χ4n) is 2.89. The van der Waals surface area contributed by atoms with Crippen LogP contribution in [0.2, 0.25) is 0 Å². The van der Waals surface area contributed by atoms with E-state index in [0.29, 0.717) is 18.0 Å². The summed E-state index contributed by atoms with van der Waals surface area (Å²) in [6.45, 7) is 2.50. The number of nitrogens with zero attached hydrogens (tertiary/aromatic N) is 1. The summed E-state index contributed by atoms with van der Waals surface area (Å²) >= 11 is 0. The van der Waals surface area contributed by atoms with Crippen molar-refractivity contribution in [1.29, 1.82) is 0 Å². The van der Waals surface area contributed by atoms with Gasteiger partial charge in [0.25, 0.3) is 0 Å². The minimum Gasteiger partial charge on any atom is -0.492 e. The number of hydrogen-bond donors (Lipinski definition) is 1. The van der Waals surface area contributed by atoms with Crippen molar-refractivity contribution in [3.8, 4) is 5.75 Å². The summed E-state index contributed by atoms with van der Waals surface area (Å²) in [7, 11) is 0. The molecular formula is C19H18F2N2O3. The summed E-state index contributed by atoms with van der Waals surface area (Å²) in [6, 6.07) is 10.2. The molecule has 1 unspecified atom stereocenters. The maximum Gasteiger partial charge on any atom is 0.229 e. The third-order valence-corrected chi connectivity index (χ3v) is 4.14. The van der Waals surface area contributed by atoms with Crippen molar-refractivity contribution in [2.24, 2.45) is 5.92 Å². The maximum atomic E-state index is 13.3. The fraction of sp³-hybridized carbons (Fsp3) is 0.263. The van der Waals surface area contributed by atoms with Crippen LogP contribution >= 0.6 is 0 Å². The topological polar surface area (TPSA) is 58.6 Å². The molecule has 2 amide bonds. The van der Waals surface area contributed by atoms with Crippen molar-refractivity contribution < 1.29 is 23.1 Å². The Balaban J connectivity index is 1.73. The minimum atomic E-state index is -1.04. The first-order valence-electron chi connectivity index (χ1n) is 8.27. The summed E-state index contributed by atoms with van der Waals surface area (Å²) in [5, 5.41) is 2.53. The molecule has 1 N–H and O–H groups in total. The van der Waals surface area contributed by atoms with Crippen LogP contribution in [0.3, 0.4) is 0 Å². The Morgan fingerprint density at radius 1 is 1.23 bits per heavy atom. The van der Waals surface area contributed by atoms with Crippen molar-refractivity contribution in [1.82, 2.24) is 0 Å². The molecule has 0 aromatic heterocycles. The zero-order chi connectivity index (χ0) is 18.7. The summed E-state index contributed by atoms with van der Waals surface area (Å²) in [6.07, 6.45) is 0.0377. The molecule has 2 aromatic carbocycles. The number of halogens is 2. The molecule has 7 heteroatoms. The highest BCUT2D eigenvalue weighted by Crippen LogP contribution is 2.33. The average molecular weight is 360 g/mol. The van der Waals surface area contributed by atoms with Gasteiger partial charge in [0.2, 0.25) is 11.8 Å². The lowest BCUT2D eigenvalue weighted by Gasteiger charge is -2.20. The molecule has 5 nitrogen and oxygen atoms in total. The van der Waals surface area contributed by atoms with Gasteiger partial charge in [0.1, 0.15) is 5.75 Å². The largest absolute Gasteiger partial charge is 0.492 e. The summed E-state index contributed by atoms with van der Waals surface area (Å²) < 4.78 is 31.8. The fourth-order valence-corrected chi connectivity index (χ4v) is 2.89. The van der Waals surface area contributed by atoms with Gasteiger partial charge in [-0.3, -0.25) is 9.59 Å². The first-order valence-corrected chi connectivity index (χ1v) is 8.27. The Morgan fingerprint density at radius 3 is 2.73 bits per heavy atom. The lowest BCUT2D eigenvalue weighted by Crippen LogP contribution is -2.28. The molecule has 26 heavy (non-hydrogen) atoms. The molecule has 0 aliphatic carbocycles. The van der Waals surface area contributed by atoms with E-state index in [4.69, 9.17) is 4.74 Å². The molecule has 3 rings (SSSR count). The molecule has 2 aromatic rings. The van der Waals surface area contributed by atoms with E-state index in [-0.39, 0.29) is 24.6 Å². The van der Waals surface area contributed by atoms with Gasteiger partial charge in [-0.25, -0.2) is 8.78 Å². The van der Waals surface area contributed by atoms with Gasteiger partial charge in [0.15, 0.2) is 11.6 Å². The van der Waals surface area contributed by atoms with Crippen LogP contribution in [0.4, 0.5) is 20.2 Å². The highest BCUT2D eigenvalue weighted by molar-refractivity contribution is 6.04. The number of nitrogens with one attached hydrogen (secondary N) is 1. The molecule has 1 heterocycles. The molecule has 0 bridgehead atoms. The van der Waals surface area contributed by atoms with Crippen LogP contribution in [0.15, 0.2) is 42.5 Å². The summed E-state index contributed by atoms with van der Waals surface area (Å²) in [5.74, 6) is -2.66. The third-order valence-electron chi connectivity index (χ3n) is 4.14. The van der Waals surface area contributed by atoms with Gasteiger partial charge in [-0.05, 0) is 31.2 Å². The molecule has 136 valence electrons. The summed E-state index contributed by atoms with van der Waals surface area (Å²) in [5.41, 5.74) is 0.761. The Labute approximate surface area is 149 Å². The molecule has 1 aliphatic heterocycles. The summed E-state index contributed by atoms with van der Waals surface area (Å²) in [4.78, 5) is 26.3. The van der Waals surface area contributed by atoms with Crippen molar-refractivity contribution >= 4 is 23.2 Å². The van der Waals surface area contributed by atoms with Crippen molar-refractivity contribution in [2.75, 3.05) is 23.4 Å². The number of para-hydroxylation sites is 2. The molecule has 0 saturated carbocycles. The second kappa shape index (κ2) is 7.51. The normalized spacial score (nSPS) is 16.7. The van der Waals surface area contributed by atoms with Gasteiger partial charge in [-0.2, -0.15) is 0 Å². The molecule has 1 aliphatic rings. The van der Waals surface area contributed by atoms with E-state index < -0.39 is 23.5 Å². The van der Waals surface area contributed by atoms with Crippen LogP contribution in [0, 0.1) is 17.6 Å². The molecule has 0 spiro atoms. The number of carbonyl (C=O) groups excluding carboxylic acids is 2. The van der Waals surface area contributed by atoms with E-state index in [0.717, 1.165) is 12.1 Å². The number of anilines is 2. The lowest BCUT2D eigenvalue weighted by molar-refractivity contribution is -0.122. The van der Waals surface area contributed by atoms with Crippen LogP contribution in [-0.4, -0.2) is 25.0 Å². The lowest BCUT2D eigenvalue weighted by atomic mass is 10.1. The molecule has 0 radical (unpaired) electrons. The van der Waals surface area contributed by atoms with Crippen molar-refractivity contribution in [3.05, 3.63) is 54.1 Å². The Bertz CT molecular complexity index is 841. The van der Waals surface area contributed by atoms with E-state index >= 15 is 0 Å². The zero-order valence-electron chi connectivity index (χ0n) is 14.2. The van der Waals surface area contributed by atoms with Gasteiger partial charge in [0, 0.05) is 24.7 Å². The number of carbonyl (C=O) groups is 2. The predicted octanol–water partition coefficient (Wildman–Crippen LogP) is 3.36. The first kappa shape index (κ1) is 17.8. The van der Waals surface area contributed by atoms with Crippen LogP contribution in [0.5, 0.6) is 5.75 Å². The van der Waals surface area contributed by atoms with E-state index in [9.17, 15) is 18.4 Å². The first-order chi connectivity index (χ1) is 12.5. The quantitative estimate of drug-likeness (QED) is 0.890. The highest BCUT2D eigenvalue weighted by Gasteiger charge is 2.36. The number of rotatable bonds is 5. The molecule has 1 saturated heterocycles. The number of benzene rings is 2. The Kier molecular flexibility index (Phi) is 5.16. The minimum absolute atomic E-state index is 0.0377. The van der Waals surface area contributed by atoms with E-state index in [1.807, 2.05) is 13.0 Å². The Hall–Kier alpha value is -2.96. The SMILES string of the molecule is CCOc1ccccc1N1CC(C(=O)Nc2ccc(F)c(F)c2)CC1=O. The van der Waals surface area contributed by atoms with Crippen molar-refractivity contribution in [2.45, 2.75) is 13.3 Å². The van der Waals surface area contributed by atoms with Crippen LogP contribution < -0.4 is 15.0 Å². The predicted molar refractivity (Wildman–Crippen MR) is 93.1 cm³/mol. The third kappa shape index (κ3) is 3.66. The molecule has 1 fully saturated rings. The zero-order valence-corrected chi connectivity index (χ0v) is 14.2. The Morgan fingerprint density at radius 2 is 2.00 bits per heavy atom. The number of ether oxygens (including phenoxy) is 1. The van der Waals surface area contributed by atoms with Crippen LogP contribution in [0.25, 0.3) is 0 Å². The van der Waals surface area contributed by atoms with Crippen LogP contribution in [-0.2, 0) is 9.59 Å². The molecular weight excluding hydrogens is 342 g/mol. The highest BCUT2D eigenvalue weighted by atomic mass is 19.2. The average Bonchev–Trinajstić information content (AvgIpc) is 3.01. The van der Waals surface area contributed by atoms with E-state index in [1.54, 1.807) is 18.2 Å². The standard InChI is InChI=1S/C19H18F2N2O3/c1-2-26-17-6-4-3-5-16(17)23-11-12(9-18(23)24)19(25)22-13-7-8-14(20)15(21)10-13/h3-8,10,12H,2,9,11H2,1H3,(H,22,25). The molecule has 1 atom stereocenters. The van der Waals surface area contributed by atoms with E-state index in [2.05, 4.69) is 5.32 Å². The van der Waals surface area contributed by atoms with E-state index in [1.165, 1.54) is 11.0 Å². The second-order valence-corrected chi connectivity index (χ2v) is 5.92. The second-order valence-electron chi connectivity index (χ2n) is 5.92. The van der Waals surface area contributed by atoms with Gasteiger partial charge >= 0.3 is 0 Å². The van der Waals surface area contributed by atoms with Gasteiger partial charge in [-0.1, -0.05) is 12.1 Å². The number of amides is 2. The smallest absolute Gasteiger partial charge is 0.229 e. The van der Waals surface area contributed by atoms with Crippen molar-refractivity contribution in [3.63, 3.8) is 0 Å². The maximum absolute atomic E-state index is 13.3. The van der Waals surface area contributed by atoms with Gasteiger partial charge in [0.05, 0.1) is 18.2 Å². The monoisotopic (exact) mass is 360 g/mol.